The third-order valence-corrected chi connectivity index (χ3v) is 7.30. The number of hydrogen-bond donors (Lipinski definition) is 0. The summed E-state index contributed by atoms with van der Waals surface area (Å²) in [5.74, 6) is -0.200. The van der Waals surface area contributed by atoms with E-state index in [4.69, 9.17) is 0 Å². The summed E-state index contributed by atoms with van der Waals surface area (Å²) in [6.45, 7) is 9.72. The molecular formula is C30H30FN3OS. The number of aromatic nitrogens is 3. The van der Waals surface area contributed by atoms with Gasteiger partial charge in [0.15, 0.2) is 0 Å². The van der Waals surface area contributed by atoms with Crippen LogP contribution in [0.2, 0.25) is 0 Å². The van der Waals surface area contributed by atoms with E-state index >= 15 is 0 Å². The second-order valence-electron chi connectivity index (χ2n) is 9.52. The minimum Gasteiger partial charge on any atom is -0.299 e. The summed E-state index contributed by atoms with van der Waals surface area (Å²) in [6, 6.07) is 20.9. The summed E-state index contributed by atoms with van der Waals surface area (Å²) in [4.78, 5) is 16.5. The number of halogens is 1. The largest absolute Gasteiger partial charge is 0.299 e. The highest BCUT2D eigenvalue weighted by Crippen LogP contribution is 2.42. The Bertz CT molecular complexity index is 1450. The lowest BCUT2D eigenvalue weighted by atomic mass is 9.69. The van der Waals surface area contributed by atoms with Crippen LogP contribution in [0.1, 0.15) is 48.4 Å². The van der Waals surface area contributed by atoms with Gasteiger partial charge in [-0.25, -0.2) is 9.07 Å². The van der Waals surface area contributed by atoms with Gasteiger partial charge in [-0.2, -0.15) is 5.10 Å². The van der Waals surface area contributed by atoms with Crippen LogP contribution in [0.3, 0.4) is 0 Å². The van der Waals surface area contributed by atoms with E-state index in [1.54, 1.807) is 41.3 Å². The Hall–Kier alpha value is -3.64. The molecule has 6 heteroatoms. The van der Waals surface area contributed by atoms with Gasteiger partial charge in [0.05, 0.1) is 22.4 Å². The van der Waals surface area contributed by atoms with Crippen molar-refractivity contribution in [1.29, 1.82) is 0 Å². The van der Waals surface area contributed by atoms with Gasteiger partial charge < -0.3 is 0 Å². The second-order valence-corrected chi connectivity index (χ2v) is 10.6. The molecule has 0 aliphatic heterocycles. The van der Waals surface area contributed by atoms with E-state index in [2.05, 4.69) is 53.4 Å². The first-order valence-corrected chi connectivity index (χ1v) is 12.7. The van der Waals surface area contributed by atoms with Gasteiger partial charge in [-0.15, -0.1) is 11.3 Å². The molecule has 0 N–H and O–H groups in total. The van der Waals surface area contributed by atoms with Gasteiger partial charge in [-0.05, 0) is 68.3 Å². The summed E-state index contributed by atoms with van der Waals surface area (Å²) in [6.07, 6.45) is 3.62. The Morgan fingerprint density at radius 3 is 2.19 bits per heavy atom. The molecule has 2 aromatic heterocycles. The maximum absolute atomic E-state index is 13.3. The Kier molecular flexibility index (Phi) is 7.45. The molecule has 0 fully saturated rings. The number of benzene rings is 3. The molecule has 3 aromatic carbocycles. The number of nitrogens with zero attached hydrogens (tertiary/aromatic N) is 3. The summed E-state index contributed by atoms with van der Waals surface area (Å²) < 4.78 is 15.1. The molecule has 0 aliphatic rings. The van der Waals surface area contributed by atoms with Crippen LogP contribution in [0, 0.1) is 25.1 Å². The average Bonchev–Trinajstić information content (AvgIpc) is 3.50. The highest BCUT2D eigenvalue weighted by molar-refractivity contribution is 7.09. The highest BCUT2D eigenvalue weighted by atomic mass is 32.1. The number of carbonyl (C=O) groups is 1. The Morgan fingerprint density at radius 1 is 0.972 bits per heavy atom. The molecule has 0 saturated heterocycles. The summed E-state index contributed by atoms with van der Waals surface area (Å²) >= 11 is 1.67. The molecule has 0 saturated carbocycles. The first-order valence-electron chi connectivity index (χ1n) is 11.8. The average molecular weight is 500 g/mol. The van der Waals surface area contributed by atoms with Crippen molar-refractivity contribution in [3.63, 3.8) is 0 Å². The third kappa shape index (κ3) is 5.44. The molecule has 184 valence electrons. The maximum Gasteiger partial charge on any atom is 0.136 e. The molecule has 0 amide bonds. The zero-order valence-corrected chi connectivity index (χ0v) is 22.0. The smallest absolute Gasteiger partial charge is 0.136 e. The number of fused-ring (bicyclic) bond motifs is 1. The SMILES string of the molecule is CC(=O)C(C)(C)C(c1ccc(C)cc1)c1ccc2c(cnn2-c2ccc(F)cc2)c1.Cc1nccs1. The van der Waals surface area contributed by atoms with Gasteiger partial charge in [-0.3, -0.25) is 9.78 Å². The number of ketones is 1. The number of hydrogen-bond acceptors (Lipinski definition) is 4. The first-order chi connectivity index (χ1) is 17.2. The standard InChI is InChI=1S/C26H25FN2O.C4H5NS/c1-17-5-7-19(8-6-17)25(26(3,4)18(2)30)20-9-14-24-21(15-20)16-28-29(24)23-12-10-22(27)11-13-23;1-4-5-2-3-6-4/h5-16,25H,1-4H3;2-3H,1H3. The van der Waals surface area contributed by atoms with E-state index in [1.165, 1.54) is 17.7 Å². The highest BCUT2D eigenvalue weighted by Gasteiger charge is 2.36. The summed E-state index contributed by atoms with van der Waals surface area (Å²) in [5, 5.41) is 8.59. The Morgan fingerprint density at radius 2 is 1.64 bits per heavy atom. The molecule has 1 unspecified atom stereocenters. The van der Waals surface area contributed by atoms with Crippen LogP contribution in [-0.4, -0.2) is 20.5 Å². The van der Waals surface area contributed by atoms with Crippen LogP contribution >= 0.6 is 11.3 Å². The van der Waals surface area contributed by atoms with E-state index in [-0.39, 0.29) is 17.5 Å². The lowest BCUT2D eigenvalue weighted by molar-refractivity contribution is -0.125. The Labute approximate surface area is 215 Å². The second kappa shape index (κ2) is 10.5. The fraction of sp³-hybridized carbons (Fsp3) is 0.233. The predicted molar refractivity (Wildman–Crippen MR) is 145 cm³/mol. The van der Waals surface area contributed by atoms with Crippen LogP contribution in [0.4, 0.5) is 4.39 Å². The van der Waals surface area contributed by atoms with Gasteiger partial charge in [0, 0.05) is 28.3 Å². The van der Waals surface area contributed by atoms with Crippen LogP contribution in [-0.2, 0) is 4.79 Å². The van der Waals surface area contributed by atoms with Gasteiger partial charge in [0.2, 0.25) is 0 Å². The van der Waals surface area contributed by atoms with Crippen molar-refractivity contribution in [1.82, 2.24) is 14.8 Å². The van der Waals surface area contributed by atoms with Crippen LogP contribution < -0.4 is 0 Å². The number of Topliss-reactive ketones (excluding diaryl/α,β-unsaturated/α-hetero) is 1. The lowest BCUT2D eigenvalue weighted by Gasteiger charge is -2.33. The number of aryl methyl sites for hydroxylation is 2. The zero-order valence-electron chi connectivity index (χ0n) is 21.2. The van der Waals surface area contributed by atoms with Crippen molar-refractivity contribution in [2.45, 2.75) is 40.5 Å². The van der Waals surface area contributed by atoms with Crippen molar-refractivity contribution in [3.05, 3.63) is 112 Å². The van der Waals surface area contributed by atoms with Crippen molar-refractivity contribution in [2.75, 3.05) is 0 Å². The normalized spacial score (nSPS) is 12.2. The van der Waals surface area contributed by atoms with E-state index in [0.717, 1.165) is 32.7 Å². The van der Waals surface area contributed by atoms with E-state index in [9.17, 15) is 9.18 Å². The predicted octanol–water partition coefficient (Wildman–Crippen LogP) is 7.67. The fourth-order valence-corrected chi connectivity index (χ4v) is 4.74. The maximum atomic E-state index is 13.3. The lowest BCUT2D eigenvalue weighted by Crippen LogP contribution is -2.30. The fourth-order valence-electron chi connectivity index (χ4n) is 4.30. The van der Waals surface area contributed by atoms with Crippen molar-refractivity contribution in [2.24, 2.45) is 5.41 Å². The van der Waals surface area contributed by atoms with Gasteiger partial charge in [-0.1, -0.05) is 49.7 Å². The monoisotopic (exact) mass is 499 g/mol. The van der Waals surface area contributed by atoms with Crippen molar-refractivity contribution < 1.29 is 9.18 Å². The molecule has 0 radical (unpaired) electrons. The molecule has 5 aromatic rings. The minimum atomic E-state index is -0.560. The molecule has 0 bridgehead atoms. The van der Waals surface area contributed by atoms with Crippen molar-refractivity contribution in [3.8, 4) is 5.69 Å². The topological polar surface area (TPSA) is 47.8 Å². The summed E-state index contributed by atoms with van der Waals surface area (Å²) in [7, 11) is 0. The molecule has 0 spiro atoms. The van der Waals surface area contributed by atoms with Gasteiger partial charge in [0.25, 0.3) is 0 Å². The third-order valence-electron chi connectivity index (χ3n) is 6.59. The number of rotatable bonds is 5. The van der Waals surface area contributed by atoms with E-state index < -0.39 is 5.41 Å². The van der Waals surface area contributed by atoms with Crippen LogP contribution in [0.15, 0.2) is 84.5 Å². The quantitative estimate of drug-likeness (QED) is 0.249. The molecule has 36 heavy (non-hydrogen) atoms. The molecule has 0 aliphatic carbocycles. The minimum absolute atomic E-state index is 0.0748. The molecule has 4 nitrogen and oxygen atoms in total. The molecule has 1 atom stereocenters. The number of carbonyl (C=O) groups excluding carboxylic acids is 1. The molecule has 5 rings (SSSR count). The molecule has 2 heterocycles. The summed E-state index contributed by atoms with van der Waals surface area (Å²) in [5.41, 5.74) is 4.56. The van der Waals surface area contributed by atoms with Crippen LogP contribution in [0.25, 0.3) is 16.6 Å². The van der Waals surface area contributed by atoms with Crippen LogP contribution in [0.5, 0.6) is 0 Å². The Balaban J connectivity index is 0.000000445. The first kappa shape index (κ1) is 25.5. The molecular weight excluding hydrogens is 469 g/mol. The zero-order chi connectivity index (χ0) is 25.9. The van der Waals surface area contributed by atoms with Gasteiger partial charge in [0.1, 0.15) is 11.6 Å². The van der Waals surface area contributed by atoms with E-state index in [1.807, 2.05) is 38.4 Å². The number of thiazole rings is 1. The van der Waals surface area contributed by atoms with Gasteiger partial charge >= 0.3 is 0 Å². The van der Waals surface area contributed by atoms with E-state index in [0.29, 0.717) is 0 Å². The van der Waals surface area contributed by atoms with Crippen molar-refractivity contribution >= 4 is 28.0 Å².